The summed E-state index contributed by atoms with van der Waals surface area (Å²) in [7, 11) is 0. The van der Waals surface area contributed by atoms with E-state index < -0.39 is 11.7 Å². The number of hydrogen-bond acceptors (Lipinski definition) is 4. The van der Waals surface area contributed by atoms with Gasteiger partial charge >= 0.3 is 6.18 Å². The Morgan fingerprint density at radius 1 is 1.09 bits per heavy atom. The Morgan fingerprint density at radius 3 is 2.39 bits per heavy atom. The lowest BCUT2D eigenvalue weighted by Gasteiger charge is -2.30. The van der Waals surface area contributed by atoms with Gasteiger partial charge in [0.1, 0.15) is 6.54 Å². The third kappa shape index (κ3) is 6.39. The van der Waals surface area contributed by atoms with Crippen LogP contribution in [-0.4, -0.2) is 49.4 Å². The molecule has 33 heavy (non-hydrogen) atoms. The molecule has 2 aromatic carbocycles. The molecule has 176 valence electrons. The maximum Gasteiger partial charge on any atom is 0.416 e. The van der Waals surface area contributed by atoms with Crippen LogP contribution in [0.5, 0.6) is 0 Å². The fourth-order valence-corrected chi connectivity index (χ4v) is 4.49. The van der Waals surface area contributed by atoms with Gasteiger partial charge in [0.15, 0.2) is 0 Å². The molecule has 1 heterocycles. The maximum absolute atomic E-state index is 13.2. The third-order valence-corrected chi connectivity index (χ3v) is 6.39. The van der Waals surface area contributed by atoms with Crippen LogP contribution in [0.25, 0.3) is 6.08 Å². The predicted octanol–water partition coefficient (Wildman–Crippen LogP) is 4.64. The molecule has 0 aliphatic carbocycles. The lowest BCUT2D eigenvalue weighted by Crippen LogP contribution is -2.44. The van der Waals surface area contributed by atoms with Gasteiger partial charge in [-0.25, -0.2) is 0 Å². The van der Waals surface area contributed by atoms with Crippen LogP contribution in [0.4, 0.5) is 18.9 Å². The van der Waals surface area contributed by atoms with Crippen LogP contribution in [0.1, 0.15) is 25.0 Å². The molecule has 3 rings (SSSR count). The summed E-state index contributed by atoms with van der Waals surface area (Å²) in [6, 6.07) is 11.9. The number of nitrogens with zero attached hydrogens (tertiary/aromatic N) is 2. The molecule has 0 radical (unpaired) electrons. The second kappa shape index (κ2) is 10.9. The number of carbonyl (C=O) groups excluding carboxylic acids is 2. The number of amides is 2. The summed E-state index contributed by atoms with van der Waals surface area (Å²) in [5.41, 5.74) is 0.360. The Labute approximate surface area is 195 Å². The van der Waals surface area contributed by atoms with Crippen LogP contribution in [0, 0.1) is 0 Å². The van der Waals surface area contributed by atoms with Crippen LogP contribution >= 0.6 is 11.8 Å². The fourth-order valence-electron chi connectivity index (χ4n) is 3.43. The number of hydrogen-bond donors (Lipinski definition) is 1. The summed E-state index contributed by atoms with van der Waals surface area (Å²) in [5, 5.41) is 2.86. The summed E-state index contributed by atoms with van der Waals surface area (Å²) >= 11 is 1.24. The molecular formula is C24H26F3N3O2S. The van der Waals surface area contributed by atoms with E-state index >= 15 is 0 Å². The Morgan fingerprint density at radius 2 is 1.76 bits per heavy atom. The van der Waals surface area contributed by atoms with Crippen LogP contribution in [-0.2, 0) is 15.8 Å². The first-order valence-corrected chi connectivity index (χ1v) is 11.5. The molecule has 0 unspecified atom stereocenters. The quantitative estimate of drug-likeness (QED) is 0.563. The number of fused-ring (bicyclic) bond motifs is 1. The van der Waals surface area contributed by atoms with E-state index in [-0.39, 0.29) is 18.4 Å². The van der Waals surface area contributed by atoms with Crippen LogP contribution in [0.15, 0.2) is 58.3 Å². The van der Waals surface area contributed by atoms with E-state index in [0.717, 1.165) is 36.7 Å². The number of para-hydroxylation sites is 1. The van der Waals surface area contributed by atoms with Gasteiger partial charge in [-0.05, 0) is 49.0 Å². The van der Waals surface area contributed by atoms with Crippen molar-refractivity contribution in [1.29, 1.82) is 0 Å². The molecule has 0 atom stereocenters. The molecular weight excluding hydrogens is 451 g/mol. The Bertz CT molecular complexity index is 1020. The van der Waals surface area contributed by atoms with E-state index in [9.17, 15) is 22.8 Å². The van der Waals surface area contributed by atoms with Crippen molar-refractivity contribution in [2.75, 3.05) is 37.6 Å². The second-order valence-electron chi connectivity index (χ2n) is 7.47. The second-order valence-corrected chi connectivity index (χ2v) is 8.55. The van der Waals surface area contributed by atoms with E-state index in [0.29, 0.717) is 22.7 Å². The molecule has 1 aliphatic rings. The summed E-state index contributed by atoms with van der Waals surface area (Å²) in [6.45, 7) is 6.94. The average molecular weight is 478 g/mol. The molecule has 9 heteroatoms. The van der Waals surface area contributed by atoms with Crippen molar-refractivity contribution in [2.45, 2.75) is 24.9 Å². The highest BCUT2D eigenvalue weighted by Crippen LogP contribution is 2.42. The van der Waals surface area contributed by atoms with Crippen molar-refractivity contribution in [3.63, 3.8) is 0 Å². The van der Waals surface area contributed by atoms with E-state index in [1.54, 1.807) is 18.2 Å². The van der Waals surface area contributed by atoms with Gasteiger partial charge in [-0.2, -0.15) is 13.2 Å². The molecule has 0 spiro atoms. The van der Waals surface area contributed by atoms with Crippen molar-refractivity contribution in [1.82, 2.24) is 10.2 Å². The summed E-state index contributed by atoms with van der Waals surface area (Å²) < 4.78 is 38.5. The molecule has 0 saturated heterocycles. The minimum Gasteiger partial charge on any atom is -0.353 e. The number of carbonyl (C=O) groups is 2. The van der Waals surface area contributed by atoms with Gasteiger partial charge in [0.05, 0.1) is 16.2 Å². The van der Waals surface area contributed by atoms with Crippen molar-refractivity contribution in [2.24, 2.45) is 0 Å². The molecule has 2 amide bonds. The molecule has 0 bridgehead atoms. The van der Waals surface area contributed by atoms with Crippen molar-refractivity contribution in [3.8, 4) is 0 Å². The minimum absolute atomic E-state index is 0.140. The Hall–Kier alpha value is -2.78. The summed E-state index contributed by atoms with van der Waals surface area (Å²) in [6.07, 6.45) is -2.87. The number of nitrogens with one attached hydrogen (secondary N) is 1. The number of rotatable bonds is 8. The topological polar surface area (TPSA) is 52.7 Å². The van der Waals surface area contributed by atoms with Crippen LogP contribution in [0.2, 0.25) is 0 Å². The van der Waals surface area contributed by atoms with Gasteiger partial charge in [-0.1, -0.05) is 49.9 Å². The Kier molecular flexibility index (Phi) is 8.20. The zero-order valence-corrected chi connectivity index (χ0v) is 19.3. The summed E-state index contributed by atoms with van der Waals surface area (Å²) in [5.74, 6) is -0.636. The Balaban J connectivity index is 1.77. The zero-order chi connectivity index (χ0) is 24.0. The standard InChI is InChI=1S/C24H26F3N3O2S/c1-3-29(4-2)14-13-28-22(31)16-30-19-7-5-6-8-20(19)33-21(23(30)32)15-17-9-11-18(12-10-17)24(25,26)27/h5-12,15H,3-4,13-14,16H2,1-2H3,(H,28,31)/b21-15+. The number of halogens is 3. The van der Waals surface area contributed by atoms with Crippen molar-refractivity contribution >= 4 is 35.3 Å². The number of anilines is 1. The van der Waals surface area contributed by atoms with Gasteiger partial charge in [-0.15, -0.1) is 0 Å². The van der Waals surface area contributed by atoms with Gasteiger partial charge in [-0.3, -0.25) is 14.5 Å². The van der Waals surface area contributed by atoms with E-state index in [1.165, 1.54) is 28.8 Å². The van der Waals surface area contributed by atoms with Crippen LogP contribution < -0.4 is 10.2 Å². The maximum atomic E-state index is 13.2. The predicted molar refractivity (Wildman–Crippen MR) is 125 cm³/mol. The summed E-state index contributed by atoms with van der Waals surface area (Å²) in [4.78, 5) is 30.5. The first-order chi connectivity index (χ1) is 15.7. The number of benzene rings is 2. The minimum atomic E-state index is -4.42. The van der Waals surface area contributed by atoms with Crippen LogP contribution in [0.3, 0.4) is 0 Å². The number of thioether (sulfide) groups is 1. The lowest BCUT2D eigenvalue weighted by molar-refractivity contribution is -0.137. The average Bonchev–Trinajstić information content (AvgIpc) is 2.79. The highest BCUT2D eigenvalue weighted by molar-refractivity contribution is 8.04. The number of likely N-dealkylation sites (N-methyl/N-ethyl adjacent to an activating group) is 1. The van der Waals surface area contributed by atoms with E-state index in [1.807, 2.05) is 12.1 Å². The van der Waals surface area contributed by atoms with Gasteiger partial charge in [0.25, 0.3) is 5.91 Å². The molecule has 5 nitrogen and oxygen atoms in total. The monoisotopic (exact) mass is 477 g/mol. The molecule has 0 saturated carbocycles. The third-order valence-electron chi connectivity index (χ3n) is 5.31. The smallest absolute Gasteiger partial charge is 0.353 e. The molecule has 0 aromatic heterocycles. The van der Waals surface area contributed by atoms with Crippen molar-refractivity contribution in [3.05, 3.63) is 64.6 Å². The van der Waals surface area contributed by atoms with Gasteiger partial charge < -0.3 is 10.2 Å². The van der Waals surface area contributed by atoms with E-state index in [4.69, 9.17) is 0 Å². The first-order valence-electron chi connectivity index (χ1n) is 10.7. The highest BCUT2D eigenvalue weighted by atomic mass is 32.2. The zero-order valence-electron chi connectivity index (χ0n) is 18.5. The molecule has 1 N–H and O–H groups in total. The van der Waals surface area contributed by atoms with Crippen molar-refractivity contribution < 1.29 is 22.8 Å². The normalized spacial score (nSPS) is 15.2. The molecule has 1 aliphatic heterocycles. The lowest BCUT2D eigenvalue weighted by atomic mass is 10.1. The highest BCUT2D eigenvalue weighted by Gasteiger charge is 2.31. The van der Waals surface area contributed by atoms with Gasteiger partial charge in [0, 0.05) is 18.0 Å². The largest absolute Gasteiger partial charge is 0.416 e. The van der Waals surface area contributed by atoms with Gasteiger partial charge in [0.2, 0.25) is 5.91 Å². The molecule has 2 aromatic rings. The fraction of sp³-hybridized carbons (Fsp3) is 0.333. The number of alkyl halides is 3. The molecule has 0 fully saturated rings. The first kappa shape index (κ1) is 24.9. The SMILES string of the molecule is CCN(CC)CCNC(=O)CN1C(=O)/C(=C\c2ccc(C(F)(F)F)cc2)Sc2ccccc21. The van der Waals surface area contributed by atoms with E-state index in [2.05, 4.69) is 24.1 Å².